The van der Waals surface area contributed by atoms with Gasteiger partial charge < -0.3 is 15.8 Å². The quantitative estimate of drug-likeness (QED) is 0.706. The highest BCUT2D eigenvalue weighted by atomic mass is 16.5. The summed E-state index contributed by atoms with van der Waals surface area (Å²) in [4.78, 5) is 21.4. The van der Waals surface area contributed by atoms with Gasteiger partial charge in [0.2, 0.25) is 11.8 Å². The normalized spacial score (nSPS) is 10.5. The van der Waals surface area contributed by atoms with Crippen molar-refractivity contribution in [1.29, 1.82) is 0 Å². The maximum atomic E-state index is 5.79. The lowest BCUT2D eigenvalue weighted by atomic mass is 10.2. The third kappa shape index (κ3) is 3.97. The van der Waals surface area contributed by atoms with Gasteiger partial charge in [-0.25, -0.2) is 15.0 Å². The van der Waals surface area contributed by atoms with E-state index in [4.69, 9.17) is 10.5 Å². The average molecular weight is 337 g/mol. The molecule has 3 aromatic heterocycles. The summed E-state index contributed by atoms with van der Waals surface area (Å²) in [6, 6.07) is 7.37. The van der Waals surface area contributed by atoms with Crippen molar-refractivity contribution in [3.63, 3.8) is 0 Å². The molecule has 0 aliphatic heterocycles. The highest BCUT2D eigenvalue weighted by molar-refractivity contribution is 5.74. The Morgan fingerprint density at radius 2 is 1.96 bits per heavy atom. The van der Waals surface area contributed by atoms with Crippen LogP contribution in [0, 0.1) is 0 Å². The lowest BCUT2D eigenvalue weighted by Gasteiger charge is -2.11. The molecular weight excluding hydrogens is 318 g/mol. The molecular formula is C17H19N7O. The van der Waals surface area contributed by atoms with E-state index in [9.17, 15) is 0 Å². The van der Waals surface area contributed by atoms with Crippen molar-refractivity contribution < 1.29 is 4.74 Å². The summed E-state index contributed by atoms with van der Waals surface area (Å²) in [6.07, 6.45) is 4.05. The van der Waals surface area contributed by atoms with Crippen molar-refractivity contribution in [2.45, 2.75) is 20.3 Å². The highest BCUT2D eigenvalue weighted by Gasteiger charge is 2.12. The molecule has 0 spiro atoms. The lowest BCUT2D eigenvalue weighted by Crippen LogP contribution is -2.06. The molecule has 3 heterocycles. The summed E-state index contributed by atoms with van der Waals surface area (Å²) in [5.41, 5.74) is 7.31. The standard InChI is InChI=1S/C17H19N7O/c1-3-13-22-16(24-17(18)23-13)12-6-5-9-19-15(12)21-11-7-8-14(20-10-11)25-4-2/h5-10H,3-4H2,1-2H3,(H,19,21)(H2,18,22,23,24). The maximum absolute atomic E-state index is 5.79. The number of hydrogen-bond acceptors (Lipinski definition) is 8. The van der Waals surface area contributed by atoms with E-state index in [0.29, 0.717) is 36.4 Å². The Balaban J connectivity index is 1.92. The van der Waals surface area contributed by atoms with Crippen LogP contribution in [0.25, 0.3) is 11.4 Å². The van der Waals surface area contributed by atoms with Crippen molar-refractivity contribution in [2.75, 3.05) is 17.7 Å². The monoisotopic (exact) mass is 337 g/mol. The summed E-state index contributed by atoms with van der Waals surface area (Å²) in [6.45, 7) is 4.45. The summed E-state index contributed by atoms with van der Waals surface area (Å²) < 4.78 is 5.35. The minimum Gasteiger partial charge on any atom is -0.478 e. The number of nitrogens with one attached hydrogen (secondary N) is 1. The van der Waals surface area contributed by atoms with Gasteiger partial charge in [-0.2, -0.15) is 9.97 Å². The van der Waals surface area contributed by atoms with Crippen LogP contribution in [-0.2, 0) is 6.42 Å². The molecule has 0 unspecified atom stereocenters. The second-order valence-electron chi connectivity index (χ2n) is 5.13. The van der Waals surface area contributed by atoms with Gasteiger partial charge in [-0.05, 0) is 25.1 Å². The van der Waals surface area contributed by atoms with Crippen molar-refractivity contribution >= 4 is 17.5 Å². The highest BCUT2D eigenvalue weighted by Crippen LogP contribution is 2.26. The predicted octanol–water partition coefficient (Wildman–Crippen LogP) is 2.62. The van der Waals surface area contributed by atoms with Gasteiger partial charge in [-0.1, -0.05) is 6.92 Å². The van der Waals surface area contributed by atoms with Crippen LogP contribution in [0.15, 0.2) is 36.7 Å². The van der Waals surface area contributed by atoms with Crippen LogP contribution in [0.4, 0.5) is 17.5 Å². The van der Waals surface area contributed by atoms with E-state index < -0.39 is 0 Å². The molecule has 25 heavy (non-hydrogen) atoms. The van der Waals surface area contributed by atoms with E-state index in [0.717, 1.165) is 11.3 Å². The third-order valence-electron chi connectivity index (χ3n) is 3.36. The third-order valence-corrected chi connectivity index (χ3v) is 3.36. The Labute approximate surface area is 145 Å². The Bertz CT molecular complexity index is 852. The van der Waals surface area contributed by atoms with Crippen LogP contribution in [0.2, 0.25) is 0 Å². The molecule has 0 saturated heterocycles. The van der Waals surface area contributed by atoms with Gasteiger partial charge in [0, 0.05) is 18.7 Å². The zero-order valence-corrected chi connectivity index (χ0v) is 14.1. The predicted molar refractivity (Wildman–Crippen MR) is 95.5 cm³/mol. The SMILES string of the molecule is CCOc1ccc(Nc2ncccc2-c2nc(N)nc(CC)n2)cn1. The molecule has 0 atom stereocenters. The van der Waals surface area contributed by atoms with Gasteiger partial charge in [0.1, 0.15) is 11.6 Å². The topological polar surface area (TPSA) is 112 Å². The summed E-state index contributed by atoms with van der Waals surface area (Å²) in [7, 11) is 0. The average Bonchev–Trinajstić information content (AvgIpc) is 2.63. The van der Waals surface area contributed by atoms with Crippen LogP contribution in [0.5, 0.6) is 5.88 Å². The number of ether oxygens (including phenoxy) is 1. The number of nitrogen functional groups attached to an aromatic ring is 1. The zero-order valence-electron chi connectivity index (χ0n) is 14.1. The maximum Gasteiger partial charge on any atom is 0.223 e. The van der Waals surface area contributed by atoms with E-state index in [1.165, 1.54) is 0 Å². The molecule has 128 valence electrons. The fraction of sp³-hybridized carbons (Fsp3) is 0.235. The van der Waals surface area contributed by atoms with E-state index in [-0.39, 0.29) is 5.95 Å². The van der Waals surface area contributed by atoms with Crippen molar-refractivity contribution in [3.8, 4) is 17.3 Å². The van der Waals surface area contributed by atoms with E-state index in [1.807, 2.05) is 32.0 Å². The molecule has 0 saturated carbocycles. The van der Waals surface area contributed by atoms with Crippen LogP contribution >= 0.6 is 0 Å². The minimum absolute atomic E-state index is 0.194. The van der Waals surface area contributed by atoms with Crippen LogP contribution in [0.3, 0.4) is 0 Å². The first-order valence-corrected chi connectivity index (χ1v) is 8.01. The number of hydrogen-bond donors (Lipinski definition) is 2. The molecule has 0 fully saturated rings. The molecule has 0 bridgehead atoms. The first-order valence-electron chi connectivity index (χ1n) is 8.01. The molecule has 3 N–H and O–H groups in total. The number of pyridine rings is 2. The minimum atomic E-state index is 0.194. The summed E-state index contributed by atoms with van der Waals surface area (Å²) in [5.74, 6) is 2.51. The molecule has 8 heteroatoms. The number of nitrogens with zero attached hydrogens (tertiary/aromatic N) is 5. The lowest BCUT2D eigenvalue weighted by molar-refractivity contribution is 0.327. The van der Waals surface area contributed by atoms with Gasteiger partial charge in [-0.3, -0.25) is 0 Å². The molecule has 0 aliphatic rings. The first-order chi connectivity index (χ1) is 12.2. The van der Waals surface area contributed by atoms with Crippen molar-refractivity contribution in [3.05, 3.63) is 42.5 Å². The van der Waals surface area contributed by atoms with Gasteiger partial charge >= 0.3 is 0 Å². The number of aryl methyl sites for hydroxylation is 1. The second kappa shape index (κ2) is 7.52. The van der Waals surface area contributed by atoms with Crippen molar-refractivity contribution in [1.82, 2.24) is 24.9 Å². The first kappa shape index (κ1) is 16.6. The number of rotatable bonds is 6. The summed E-state index contributed by atoms with van der Waals surface area (Å²) in [5, 5.41) is 3.23. The fourth-order valence-electron chi connectivity index (χ4n) is 2.23. The second-order valence-corrected chi connectivity index (χ2v) is 5.13. The number of aromatic nitrogens is 5. The van der Waals surface area contributed by atoms with Crippen LogP contribution in [-0.4, -0.2) is 31.5 Å². The number of anilines is 3. The Morgan fingerprint density at radius 3 is 2.68 bits per heavy atom. The van der Waals surface area contributed by atoms with Gasteiger partial charge in [0.05, 0.1) is 24.1 Å². The largest absolute Gasteiger partial charge is 0.478 e. The Kier molecular flexibility index (Phi) is 4.98. The zero-order chi connectivity index (χ0) is 17.6. The van der Waals surface area contributed by atoms with E-state index in [2.05, 4.69) is 30.2 Å². The molecule has 3 rings (SSSR count). The van der Waals surface area contributed by atoms with Crippen LogP contribution in [0.1, 0.15) is 19.7 Å². The molecule has 0 amide bonds. The molecule has 0 radical (unpaired) electrons. The van der Waals surface area contributed by atoms with Gasteiger partial charge in [0.15, 0.2) is 5.82 Å². The fourth-order valence-corrected chi connectivity index (χ4v) is 2.23. The summed E-state index contributed by atoms with van der Waals surface area (Å²) >= 11 is 0. The van der Waals surface area contributed by atoms with Crippen LogP contribution < -0.4 is 15.8 Å². The molecule has 0 aliphatic carbocycles. The Morgan fingerprint density at radius 1 is 1.08 bits per heavy atom. The van der Waals surface area contributed by atoms with E-state index in [1.54, 1.807) is 18.5 Å². The van der Waals surface area contributed by atoms with Gasteiger partial charge in [-0.15, -0.1) is 0 Å². The molecule has 0 aromatic carbocycles. The van der Waals surface area contributed by atoms with Crippen molar-refractivity contribution in [2.24, 2.45) is 0 Å². The molecule has 8 nitrogen and oxygen atoms in total. The smallest absolute Gasteiger partial charge is 0.223 e. The molecule has 3 aromatic rings. The Hall–Kier alpha value is -3.29. The van der Waals surface area contributed by atoms with Gasteiger partial charge in [0.25, 0.3) is 0 Å². The number of nitrogens with two attached hydrogens (primary N) is 1. The van der Waals surface area contributed by atoms with E-state index >= 15 is 0 Å².